The molecule has 2 aliphatic heterocycles. The van der Waals surface area contributed by atoms with Crippen molar-refractivity contribution in [3.05, 3.63) is 59.7 Å². The Morgan fingerprint density at radius 1 is 1.13 bits per heavy atom. The average Bonchev–Trinajstić information content (AvgIpc) is 3.15. The third-order valence-corrected chi connectivity index (χ3v) is 6.80. The Kier molecular flexibility index (Phi) is 5.74. The Morgan fingerprint density at radius 2 is 1.90 bits per heavy atom. The summed E-state index contributed by atoms with van der Waals surface area (Å²) in [6.07, 6.45) is 1.63. The first-order valence-corrected chi connectivity index (χ1v) is 11.5. The number of fused-ring (bicyclic) bond motifs is 1. The van der Waals surface area contributed by atoms with Crippen molar-refractivity contribution in [3.8, 4) is 0 Å². The maximum Gasteiger partial charge on any atom is 0.251 e. The van der Waals surface area contributed by atoms with Gasteiger partial charge in [-0.05, 0) is 42.7 Å². The molecule has 2 heterocycles. The van der Waals surface area contributed by atoms with Gasteiger partial charge < -0.3 is 15.5 Å². The molecule has 2 aromatic carbocycles. The number of para-hydroxylation sites is 1. The molecule has 2 aromatic rings. The number of amides is 2. The monoisotopic (exact) mass is 428 g/mol. The van der Waals surface area contributed by atoms with Crippen LogP contribution >= 0.6 is 0 Å². The van der Waals surface area contributed by atoms with Gasteiger partial charge in [0.15, 0.2) is 0 Å². The Morgan fingerprint density at radius 3 is 2.63 bits per heavy atom. The highest BCUT2D eigenvalue weighted by molar-refractivity contribution is 7.89. The van der Waals surface area contributed by atoms with Gasteiger partial charge in [-0.3, -0.25) is 9.59 Å². The molecule has 2 aliphatic rings. The van der Waals surface area contributed by atoms with E-state index in [1.54, 1.807) is 48.5 Å². The van der Waals surface area contributed by atoms with Gasteiger partial charge in [0.1, 0.15) is 11.1 Å². The van der Waals surface area contributed by atoms with Gasteiger partial charge in [-0.15, -0.1) is 0 Å². The van der Waals surface area contributed by atoms with Crippen LogP contribution < -0.4 is 15.4 Å². The fourth-order valence-electron chi connectivity index (χ4n) is 3.72. The van der Waals surface area contributed by atoms with Crippen LogP contribution in [0.4, 0.5) is 5.69 Å². The fraction of sp³-hybridized carbons (Fsp3) is 0.333. The van der Waals surface area contributed by atoms with E-state index in [1.165, 1.54) is 0 Å². The molecule has 1 fully saturated rings. The van der Waals surface area contributed by atoms with Crippen molar-refractivity contribution in [2.45, 2.75) is 30.3 Å². The average molecular weight is 429 g/mol. The lowest BCUT2D eigenvalue weighted by molar-refractivity contribution is -0.127. The Balaban J connectivity index is 1.34. The summed E-state index contributed by atoms with van der Waals surface area (Å²) in [5.41, 5.74) is 1.74. The number of hydrogen-bond donors (Lipinski definition) is 3. The van der Waals surface area contributed by atoms with Crippen molar-refractivity contribution in [3.63, 3.8) is 0 Å². The second-order valence-electron chi connectivity index (χ2n) is 7.41. The first-order valence-electron chi connectivity index (χ1n) is 9.98. The lowest BCUT2D eigenvalue weighted by Crippen LogP contribution is -2.38. The summed E-state index contributed by atoms with van der Waals surface area (Å²) in [4.78, 5) is 26.0. The van der Waals surface area contributed by atoms with Crippen LogP contribution in [0.3, 0.4) is 0 Å². The van der Waals surface area contributed by atoms with Gasteiger partial charge in [-0.1, -0.05) is 24.3 Å². The molecular weight excluding hydrogens is 404 g/mol. The van der Waals surface area contributed by atoms with Crippen LogP contribution in [0.2, 0.25) is 0 Å². The van der Waals surface area contributed by atoms with E-state index in [9.17, 15) is 18.0 Å². The molecule has 4 rings (SSSR count). The van der Waals surface area contributed by atoms with E-state index in [1.807, 2.05) is 4.90 Å². The zero-order chi connectivity index (χ0) is 21.1. The van der Waals surface area contributed by atoms with E-state index in [0.717, 1.165) is 13.0 Å². The highest BCUT2D eigenvalue weighted by Gasteiger charge is 2.29. The maximum absolute atomic E-state index is 12.5. The van der Waals surface area contributed by atoms with Crippen molar-refractivity contribution in [1.29, 1.82) is 0 Å². The second-order valence-corrected chi connectivity index (χ2v) is 9.09. The van der Waals surface area contributed by atoms with Gasteiger partial charge in [0.05, 0.1) is 5.69 Å². The number of carbonyl (C=O) groups excluding carboxylic acids is 2. The van der Waals surface area contributed by atoms with Crippen molar-refractivity contribution >= 4 is 27.5 Å². The predicted octanol–water partition coefficient (Wildman–Crippen LogP) is 1.83. The number of anilines is 1. The largest absolute Gasteiger partial charge is 0.364 e. The number of sulfonamides is 1. The Bertz CT molecular complexity index is 1050. The SMILES string of the molecule is O=C(NCCCN1CCCC1=O)c1ccc([C@H]2Nc3ccccc3S(=O)(=O)N2)cc1. The third-order valence-electron chi connectivity index (χ3n) is 5.32. The van der Waals surface area contributed by atoms with Crippen LogP contribution in [-0.2, 0) is 14.8 Å². The summed E-state index contributed by atoms with van der Waals surface area (Å²) in [5, 5.41) is 6.03. The van der Waals surface area contributed by atoms with Crippen LogP contribution in [0, 0.1) is 0 Å². The molecule has 158 valence electrons. The van der Waals surface area contributed by atoms with E-state index in [4.69, 9.17) is 0 Å². The topological polar surface area (TPSA) is 108 Å². The number of benzene rings is 2. The van der Waals surface area contributed by atoms with Crippen LogP contribution in [0.15, 0.2) is 53.4 Å². The first kappa shape index (κ1) is 20.4. The lowest BCUT2D eigenvalue weighted by Gasteiger charge is -2.28. The fourth-order valence-corrected chi connectivity index (χ4v) is 5.02. The zero-order valence-corrected chi connectivity index (χ0v) is 17.2. The van der Waals surface area contributed by atoms with Gasteiger partial charge in [0.25, 0.3) is 5.91 Å². The van der Waals surface area contributed by atoms with Crippen molar-refractivity contribution in [1.82, 2.24) is 14.9 Å². The molecule has 1 atom stereocenters. The van der Waals surface area contributed by atoms with E-state index in [-0.39, 0.29) is 16.7 Å². The maximum atomic E-state index is 12.5. The van der Waals surface area contributed by atoms with Crippen molar-refractivity contribution < 1.29 is 18.0 Å². The van der Waals surface area contributed by atoms with E-state index >= 15 is 0 Å². The molecule has 0 aromatic heterocycles. The summed E-state index contributed by atoms with van der Waals surface area (Å²) in [6.45, 7) is 1.95. The van der Waals surface area contributed by atoms with Gasteiger partial charge in [0, 0.05) is 31.6 Å². The standard InChI is InChI=1S/C21H24N4O4S/c26-19-7-3-13-25(19)14-4-12-22-21(27)16-10-8-15(9-11-16)20-23-17-5-1-2-6-18(17)30(28,29)24-20/h1-2,5-6,8-11,20,23-24H,3-4,7,12-14H2,(H,22,27)/t20-/m0/s1. The summed E-state index contributed by atoms with van der Waals surface area (Å²) >= 11 is 0. The van der Waals surface area contributed by atoms with Gasteiger partial charge in [-0.2, -0.15) is 4.72 Å². The van der Waals surface area contributed by atoms with E-state index in [2.05, 4.69) is 15.4 Å². The number of hydrogen-bond acceptors (Lipinski definition) is 5. The Hall–Kier alpha value is -2.91. The van der Waals surface area contributed by atoms with Crippen molar-refractivity contribution in [2.24, 2.45) is 0 Å². The third kappa shape index (κ3) is 4.31. The minimum Gasteiger partial charge on any atom is -0.364 e. The van der Waals surface area contributed by atoms with Crippen LogP contribution in [0.5, 0.6) is 0 Å². The second kappa shape index (κ2) is 8.45. The summed E-state index contributed by atoms with van der Waals surface area (Å²) < 4.78 is 27.5. The number of nitrogens with zero attached hydrogens (tertiary/aromatic N) is 1. The first-order chi connectivity index (χ1) is 14.4. The molecule has 30 heavy (non-hydrogen) atoms. The van der Waals surface area contributed by atoms with E-state index in [0.29, 0.717) is 42.7 Å². The molecule has 0 saturated carbocycles. The molecule has 9 heteroatoms. The van der Waals surface area contributed by atoms with Crippen LogP contribution in [0.1, 0.15) is 41.3 Å². The quantitative estimate of drug-likeness (QED) is 0.609. The number of likely N-dealkylation sites (tertiary alicyclic amines) is 1. The highest BCUT2D eigenvalue weighted by atomic mass is 32.2. The summed E-state index contributed by atoms with van der Waals surface area (Å²) in [6, 6.07) is 13.5. The molecule has 0 unspecified atom stereocenters. The number of rotatable bonds is 6. The summed E-state index contributed by atoms with van der Waals surface area (Å²) in [7, 11) is -3.61. The number of nitrogens with one attached hydrogen (secondary N) is 3. The van der Waals surface area contributed by atoms with Crippen molar-refractivity contribution in [2.75, 3.05) is 25.0 Å². The number of carbonyl (C=O) groups is 2. The Labute approximate surface area is 175 Å². The molecule has 2 amide bonds. The minimum absolute atomic E-state index is 0.187. The molecule has 0 radical (unpaired) electrons. The summed E-state index contributed by atoms with van der Waals surface area (Å²) in [5.74, 6) is -0.0108. The predicted molar refractivity (Wildman–Crippen MR) is 112 cm³/mol. The van der Waals surface area contributed by atoms with Gasteiger partial charge in [-0.25, -0.2) is 8.42 Å². The van der Waals surface area contributed by atoms with Crippen LogP contribution in [0.25, 0.3) is 0 Å². The van der Waals surface area contributed by atoms with Crippen LogP contribution in [-0.4, -0.2) is 44.8 Å². The zero-order valence-electron chi connectivity index (χ0n) is 16.4. The molecule has 0 spiro atoms. The lowest BCUT2D eigenvalue weighted by atomic mass is 10.1. The molecule has 3 N–H and O–H groups in total. The molecule has 0 bridgehead atoms. The molecule has 8 nitrogen and oxygen atoms in total. The highest BCUT2D eigenvalue weighted by Crippen LogP contribution is 2.30. The smallest absolute Gasteiger partial charge is 0.251 e. The molecular formula is C21H24N4O4S. The molecule has 1 saturated heterocycles. The molecule has 0 aliphatic carbocycles. The minimum atomic E-state index is -3.61. The van der Waals surface area contributed by atoms with Gasteiger partial charge >= 0.3 is 0 Å². The normalized spacial score (nSPS) is 19.8. The van der Waals surface area contributed by atoms with E-state index < -0.39 is 16.2 Å². The van der Waals surface area contributed by atoms with Gasteiger partial charge in [0.2, 0.25) is 15.9 Å².